The van der Waals surface area contributed by atoms with Gasteiger partial charge in [-0.1, -0.05) is 134 Å². The van der Waals surface area contributed by atoms with Crippen LogP contribution in [0.25, 0.3) is 60.5 Å². The third kappa shape index (κ3) is 5.60. The standard InChI is InChI=1S/C57H48N2/c1-38-32-39-33-45-37-57(36-38,53(45)34-39)46-24-30-49(31-25-46)58(47-26-20-41(21-27-47)44-19-18-40-10-2-3-11-43(40)35-44)48-28-22-42(23-29-48)50-12-4-7-15-54(50)59-55-16-8-5-13-51(55)52-14-6-9-17-56(52)59/h2-31,35,38-39,45,53H,32-34,36-37H2,1H3/t38-,39?,45-,53?,57?/m0/s1. The number of hydrogen-bond acceptors (Lipinski definition) is 1. The van der Waals surface area contributed by atoms with Crippen molar-refractivity contribution in [3.05, 3.63) is 194 Å². The molecule has 3 aliphatic carbocycles. The zero-order valence-corrected chi connectivity index (χ0v) is 33.6. The van der Waals surface area contributed by atoms with Crippen LogP contribution >= 0.6 is 0 Å². The first-order chi connectivity index (χ1) is 29.1. The Balaban J connectivity index is 0.935. The van der Waals surface area contributed by atoms with Gasteiger partial charge in [0.1, 0.15) is 0 Å². The monoisotopic (exact) mass is 760 g/mol. The second-order valence-electron chi connectivity index (χ2n) is 18.0. The normalized spacial score (nSPS) is 22.1. The average molecular weight is 761 g/mol. The van der Waals surface area contributed by atoms with E-state index in [0.717, 1.165) is 35.0 Å². The molecule has 2 heteroatoms. The summed E-state index contributed by atoms with van der Waals surface area (Å²) in [5, 5.41) is 5.09. The first-order valence-electron chi connectivity index (χ1n) is 21.8. The Labute approximate surface area is 347 Å². The molecule has 0 spiro atoms. The molecule has 8 aromatic carbocycles. The van der Waals surface area contributed by atoms with Crippen LogP contribution in [0.15, 0.2) is 188 Å². The predicted molar refractivity (Wildman–Crippen MR) is 248 cm³/mol. The van der Waals surface area contributed by atoms with E-state index in [4.69, 9.17) is 0 Å². The number of aromatic nitrogens is 1. The molecule has 1 aromatic heterocycles. The van der Waals surface area contributed by atoms with Crippen LogP contribution in [-0.4, -0.2) is 4.57 Å². The molecule has 0 amide bonds. The fourth-order valence-electron chi connectivity index (χ4n) is 12.2. The minimum absolute atomic E-state index is 0.367. The van der Waals surface area contributed by atoms with Crippen LogP contribution in [0.4, 0.5) is 17.1 Å². The van der Waals surface area contributed by atoms with Crippen molar-refractivity contribution in [3.63, 3.8) is 0 Å². The second-order valence-corrected chi connectivity index (χ2v) is 18.0. The first-order valence-corrected chi connectivity index (χ1v) is 21.8. The van der Waals surface area contributed by atoms with Gasteiger partial charge in [-0.15, -0.1) is 0 Å². The van der Waals surface area contributed by atoms with E-state index >= 15 is 0 Å². The topological polar surface area (TPSA) is 8.17 Å². The Kier molecular flexibility index (Phi) is 7.99. The van der Waals surface area contributed by atoms with Gasteiger partial charge in [0.25, 0.3) is 0 Å². The van der Waals surface area contributed by atoms with Crippen molar-refractivity contribution >= 4 is 49.6 Å². The van der Waals surface area contributed by atoms with Crippen LogP contribution in [0, 0.1) is 23.7 Å². The smallest absolute Gasteiger partial charge is 0.0541 e. The molecule has 1 heterocycles. The third-order valence-corrected chi connectivity index (χ3v) is 14.6. The van der Waals surface area contributed by atoms with E-state index in [1.165, 1.54) is 98.3 Å². The van der Waals surface area contributed by atoms with Gasteiger partial charge in [-0.25, -0.2) is 0 Å². The van der Waals surface area contributed by atoms with Gasteiger partial charge in [-0.2, -0.15) is 0 Å². The van der Waals surface area contributed by atoms with Crippen LogP contribution in [0.5, 0.6) is 0 Å². The molecule has 12 rings (SSSR count). The molecule has 0 radical (unpaired) electrons. The summed E-state index contributed by atoms with van der Waals surface area (Å²) in [5.74, 6) is 3.58. The summed E-state index contributed by atoms with van der Waals surface area (Å²) >= 11 is 0. The van der Waals surface area contributed by atoms with Gasteiger partial charge in [0, 0.05) is 33.4 Å². The van der Waals surface area contributed by atoms with Crippen molar-refractivity contribution in [2.45, 2.75) is 44.4 Å². The Morgan fingerprint density at radius 2 is 1.07 bits per heavy atom. The minimum Gasteiger partial charge on any atom is -0.311 e. The molecule has 3 fully saturated rings. The molecule has 9 aromatic rings. The van der Waals surface area contributed by atoms with Crippen molar-refractivity contribution in [1.29, 1.82) is 0 Å². The Morgan fingerprint density at radius 1 is 0.492 bits per heavy atom. The van der Waals surface area contributed by atoms with Crippen molar-refractivity contribution in [3.8, 4) is 27.9 Å². The molecular formula is C57H48N2. The largest absolute Gasteiger partial charge is 0.311 e. The molecule has 286 valence electrons. The lowest BCUT2D eigenvalue weighted by Gasteiger charge is -2.54. The van der Waals surface area contributed by atoms with Crippen LogP contribution < -0.4 is 4.90 Å². The van der Waals surface area contributed by atoms with E-state index in [9.17, 15) is 0 Å². The number of rotatable bonds is 7. The van der Waals surface area contributed by atoms with Crippen LogP contribution in [0.2, 0.25) is 0 Å². The fraction of sp³-hybridized carbons (Fsp3) is 0.193. The van der Waals surface area contributed by atoms with Crippen molar-refractivity contribution in [1.82, 2.24) is 4.57 Å². The van der Waals surface area contributed by atoms with E-state index in [2.05, 4.69) is 204 Å². The number of nitrogens with zero attached hydrogens (tertiary/aromatic N) is 2. The maximum absolute atomic E-state index is 2.51. The summed E-state index contributed by atoms with van der Waals surface area (Å²) in [6.45, 7) is 2.51. The predicted octanol–water partition coefficient (Wildman–Crippen LogP) is 15.5. The Bertz CT molecular complexity index is 2960. The molecule has 0 N–H and O–H groups in total. The first kappa shape index (κ1) is 34.6. The summed E-state index contributed by atoms with van der Waals surface area (Å²) in [6, 6.07) is 70.0. The number of anilines is 3. The lowest BCUT2D eigenvalue weighted by molar-refractivity contribution is 0.0346. The SMILES string of the molecule is C[C@H]1CC2CC3[C@@H](C2)CC3(c2ccc(N(c3ccc(-c4ccc5ccccc5c4)cc3)c3ccc(-c4ccccc4-n4c5ccccc5c5ccccc54)cc3)cc2)C1. The van der Waals surface area contributed by atoms with Gasteiger partial charge < -0.3 is 9.47 Å². The molecule has 2 bridgehead atoms. The number of benzene rings is 8. The van der Waals surface area contributed by atoms with Gasteiger partial charge in [0.15, 0.2) is 0 Å². The van der Waals surface area contributed by atoms with Gasteiger partial charge >= 0.3 is 0 Å². The zero-order chi connectivity index (χ0) is 39.1. The summed E-state index contributed by atoms with van der Waals surface area (Å²) < 4.78 is 2.43. The van der Waals surface area contributed by atoms with E-state index in [0.29, 0.717) is 5.41 Å². The highest BCUT2D eigenvalue weighted by molar-refractivity contribution is 6.09. The number of hydrogen-bond donors (Lipinski definition) is 0. The highest BCUT2D eigenvalue weighted by atomic mass is 15.1. The highest BCUT2D eigenvalue weighted by Crippen LogP contribution is 2.67. The van der Waals surface area contributed by atoms with Crippen LogP contribution in [-0.2, 0) is 5.41 Å². The van der Waals surface area contributed by atoms with E-state index in [1.807, 2.05) is 0 Å². The second kappa shape index (κ2) is 13.6. The van der Waals surface area contributed by atoms with Gasteiger partial charge in [0.05, 0.1) is 16.7 Å². The summed E-state index contributed by atoms with van der Waals surface area (Å²) in [6.07, 6.45) is 7.07. The van der Waals surface area contributed by atoms with Crippen LogP contribution in [0.1, 0.15) is 44.6 Å². The summed E-state index contributed by atoms with van der Waals surface area (Å²) in [5.41, 5.74) is 14.0. The van der Waals surface area contributed by atoms with Gasteiger partial charge in [0.2, 0.25) is 0 Å². The van der Waals surface area contributed by atoms with Gasteiger partial charge in [-0.3, -0.25) is 0 Å². The van der Waals surface area contributed by atoms with E-state index < -0.39 is 0 Å². The molecule has 5 atom stereocenters. The fourth-order valence-corrected chi connectivity index (χ4v) is 12.2. The molecule has 3 saturated carbocycles. The van der Waals surface area contributed by atoms with E-state index in [1.54, 1.807) is 5.56 Å². The molecule has 3 unspecified atom stereocenters. The number of para-hydroxylation sites is 3. The molecule has 0 aliphatic heterocycles. The third-order valence-electron chi connectivity index (χ3n) is 14.6. The lowest BCUT2D eigenvalue weighted by Crippen LogP contribution is -2.49. The molecule has 3 aliphatic rings. The lowest BCUT2D eigenvalue weighted by atomic mass is 9.49. The molecule has 0 saturated heterocycles. The summed E-state index contributed by atoms with van der Waals surface area (Å²) in [7, 11) is 0. The maximum Gasteiger partial charge on any atom is 0.0541 e. The van der Waals surface area contributed by atoms with E-state index in [-0.39, 0.29) is 0 Å². The Hall–Kier alpha value is -6.38. The zero-order valence-electron chi connectivity index (χ0n) is 33.6. The quantitative estimate of drug-likeness (QED) is 0.157. The van der Waals surface area contributed by atoms with Gasteiger partial charge in [-0.05, 0) is 155 Å². The maximum atomic E-state index is 2.51. The Morgan fingerprint density at radius 3 is 1.78 bits per heavy atom. The molecular weight excluding hydrogens is 713 g/mol. The number of fused-ring (bicyclic) bond motifs is 5. The molecule has 2 nitrogen and oxygen atoms in total. The minimum atomic E-state index is 0.367. The highest BCUT2D eigenvalue weighted by Gasteiger charge is 2.60. The van der Waals surface area contributed by atoms with Crippen molar-refractivity contribution in [2.24, 2.45) is 23.7 Å². The summed E-state index contributed by atoms with van der Waals surface area (Å²) in [4.78, 5) is 2.44. The van der Waals surface area contributed by atoms with Crippen molar-refractivity contribution in [2.75, 3.05) is 4.90 Å². The molecule has 59 heavy (non-hydrogen) atoms. The van der Waals surface area contributed by atoms with Crippen LogP contribution in [0.3, 0.4) is 0 Å². The van der Waals surface area contributed by atoms with Crippen molar-refractivity contribution < 1.29 is 0 Å². The average Bonchev–Trinajstić information content (AvgIpc) is 3.76.